The quantitative estimate of drug-likeness (QED) is 0.583. The van der Waals surface area contributed by atoms with Gasteiger partial charge in [0.15, 0.2) is 0 Å². The summed E-state index contributed by atoms with van der Waals surface area (Å²) in [5, 5.41) is 0. The second kappa shape index (κ2) is 4.61. The zero-order chi connectivity index (χ0) is 14.9. The molecule has 2 nitrogen and oxygen atoms in total. The van der Waals surface area contributed by atoms with Crippen molar-refractivity contribution in [1.82, 2.24) is 0 Å². The molecule has 19 heavy (non-hydrogen) atoms. The van der Waals surface area contributed by atoms with Gasteiger partial charge in [-0.1, -0.05) is 11.8 Å². The first-order valence-electron chi connectivity index (χ1n) is 4.65. The highest BCUT2D eigenvalue weighted by atomic mass is 19.3. The fourth-order valence-corrected chi connectivity index (χ4v) is 1.31. The molecule has 0 spiro atoms. The van der Waals surface area contributed by atoms with Gasteiger partial charge in [0.2, 0.25) is 11.5 Å². The number of ether oxygens (including phenoxy) is 2. The maximum Gasteiger partial charge on any atom is 0.387 e. The minimum absolute atomic E-state index is 0.903. The monoisotopic (exact) mass is 284 g/mol. The molecule has 0 aliphatic heterocycles. The summed E-state index contributed by atoms with van der Waals surface area (Å²) >= 11 is 0. The fraction of sp³-hybridized carbons (Fsp3) is 0.455. The third-order valence-electron chi connectivity index (χ3n) is 2.16. The van der Waals surface area contributed by atoms with Crippen LogP contribution in [0.5, 0.6) is 0 Å². The predicted octanol–water partition coefficient (Wildman–Crippen LogP) is 2.42. The van der Waals surface area contributed by atoms with Gasteiger partial charge < -0.3 is 9.47 Å². The van der Waals surface area contributed by atoms with Crippen LogP contribution in [0.15, 0.2) is 11.5 Å². The molecule has 1 rings (SSSR count). The molecule has 0 N–H and O–H groups in total. The van der Waals surface area contributed by atoms with Crippen LogP contribution in [0.3, 0.4) is 0 Å². The van der Waals surface area contributed by atoms with Gasteiger partial charge in [0.05, 0.1) is 0 Å². The van der Waals surface area contributed by atoms with E-state index in [0.29, 0.717) is 0 Å². The highest BCUT2D eigenvalue weighted by Gasteiger charge is 2.83. The Hall–Kier alpha value is -1.96. The Balaban J connectivity index is 3.33. The van der Waals surface area contributed by atoms with E-state index in [1.807, 2.05) is 0 Å². The number of rotatable bonds is 4. The maximum atomic E-state index is 13.3. The molecular formula is C11H6F6O2. The molecule has 0 bridgehead atoms. The van der Waals surface area contributed by atoms with Crippen LogP contribution >= 0.6 is 0 Å². The van der Waals surface area contributed by atoms with Gasteiger partial charge >= 0.3 is 17.8 Å². The molecule has 1 aliphatic carbocycles. The van der Waals surface area contributed by atoms with Gasteiger partial charge in [-0.25, -0.2) is 0 Å². The van der Waals surface area contributed by atoms with Gasteiger partial charge in [0.1, 0.15) is 13.2 Å². The number of halogens is 6. The van der Waals surface area contributed by atoms with E-state index in [2.05, 4.69) is 22.3 Å². The maximum absolute atomic E-state index is 13.3. The summed E-state index contributed by atoms with van der Waals surface area (Å²) in [6.45, 7) is -1.81. The first-order valence-corrected chi connectivity index (χ1v) is 4.65. The van der Waals surface area contributed by atoms with Crippen molar-refractivity contribution in [2.75, 3.05) is 13.2 Å². The van der Waals surface area contributed by atoms with E-state index in [4.69, 9.17) is 0 Å². The Morgan fingerprint density at radius 1 is 0.789 bits per heavy atom. The summed E-state index contributed by atoms with van der Waals surface area (Å²) in [6, 6.07) is 0. The molecule has 0 radical (unpaired) electrons. The summed E-state index contributed by atoms with van der Waals surface area (Å²) in [4.78, 5) is 0. The standard InChI is InChI=1S/C11H6F6O2/c1-3-5-18-7-8(19-6-4-2)10(14,15)11(16,17)9(7,12)13/h1-2H,5-6H2. The molecule has 0 heterocycles. The van der Waals surface area contributed by atoms with E-state index in [0.717, 1.165) is 0 Å². The predicted molar refractivity (Wildman–Crippen MR) is 51.4 cm³/mol. The summed E-state index contributed by atoms with van der Waals surface area (Å²) < 4.78 is 87.4. The van der Waals surface area contributed by atoms with E-state index < -0.39 is 42.5 Å². The lowest BCUT2D eigenvalue weighted by atomic mass is 10.1. The SMILES string of the molecule is C#CCOC1=C(OCC#C)C(F)(F)C(F)(F)C1(F)F. The number of hydrogen-bond acceptors (Lipinski definition) is 2. The average molecular weight is 284 g/mol. The Morgan fingerprint density at radius 3 is 1.37 bits per heavy atom. The van der Waals surface area contributed by atoms with Crippen molar-refractivity contribution in [3.63, 3.8) is 0 Å². The Morgan fingerprint density at radius 2 is 1.11 bits per heavy atom. The van der Waals surface area contributed by atoms with Gasteiger partial charge in [-0.2, -0.15) is 26.3 Å². The van der Waals surface area contributed by atoms with Crippen molar-refractivity contribution in [2.45, 2.75) is 17.8 Å². The number of hydrogen-bond donors (Lipinski definition) is 0. The second-order valence-electron chi connectivity index (χ2n) is 3.37. The molecule has 104 valence electrons. The molecule has 0 atom stereocenters. The zero-order valence-electron chi connectivity index (χ0n) is 9.15. The van der Waals surface area contributed by atoms with Crippen molar-refractivity contribution >= 4 is 0 Å². The molecule has 0 aromatic carbocycles. The molecule has 0 saturated carbocycles. The van der Waals surface area contributed by atoms with Gasteiger partial charge in [0, 0.05) is 0 Å². The lowest BCUT2D eigenvalue weighted by Crippen LogP contribution is -2.49. The molecule has 0 aromatic heterocycles. The van der Waals surface area contributed by atoms with Crippen molar-refractivity contribution in [2.24, 2.45) is 0 Å². The second-order valence-corrected chi connectivity index (χ2v) is 3.37. The Kier molecular flexibility index (Phi) is 3.67. The molecule has 0 fully saturated rings. The number of alkyl halides is 6. The molecule has 0 amide bonds. The number of terminal acetylenes is 2. The number of allylic oxidation sites excluding steroid dienone is 2. The Labute approximate surface area is 104 Å². The molecule has 1 aliphatic rings. The van der Waals surface area contributed by atoms with E-state index in [9.17, 15) is 26.3 Å². The topological polar surface area (TPSA) is 18.5 Å². The lowest BCUT2D eigenvalue weighted by molar-refractivity contribution is -0.276. The van der Waals surface area contributed by atoms with Gasteiger partial charge in [-0.3, -0.25) is 0 Å². The van der Waals surface area contributed by atoms with Crippen LogP contribution in [-0.2, 0) is 9.47 Å². The smallest absolute Gasteiger partial charge is 0.387 e. The van der Waals surface area contributed by atoms with Crippen LogP contribution < -0.4 is 0 Å². The largest absolute Gasteiger partial charge is 0.475 e. The van der Waals surface area contributed by atoms with E-state index in [1.54, 1.807) is 11.8 Å². The molecular weight excluding hydrogens is 278 g/mol. The molecule has 0 saturated heterocycles. The van der Waals surface area contributed by atoms with E-state index >= 15 is 0 Å². The van der Waals surface area contributed by atoms with Crippen molar-refractivity contribution < 1.29 is 35.8 Å². The third-order valence-corrected chi connectivity index (χ3v) is 2.16. The third kappa shape index (κ3) is 1.97. The first-order chi connectivity index (χ1) is 8.64. The van der Waals surface area contributed by atoms with Crippen LogP contribution in [0.2, 0.25) is 0 Å². The van der Waals surface area contributed by atoms with Crippen LogP contribution in [0.25, 0.3) is 0 Å². The minimum Gasteiger partial charge on any atom is -0.475 e. The van der Waals surface area contributed by atoms with Crippen molar-refractivity contribution in [3.8, 4) is 24.7 Å². The molecule has 0 aromatic rings. The summed E-state index contributed by atoms with van der Waals surface area (Å²) in [7, 11) is 0. The molecule has 8 heteroatoms. The van der Waals surface area contributed by atoms with Crippen LogP contribution in [0, 0.1) is 24.7 Å². The summed E-state index contributed by atoms with van der Waals surface area (Å²) in [5.41, 5.74) is 0. The highest BCUT2D eigenvalue weighted by molar-refractivity contribution is 5.34. The Bertz CT molecular complexity index is 438. The van der Waals surface area contributed by atoms with Crippen molar-refractivity contribution in [3.05, 3.63) is 11.5 Å². The summed E-state index contributed by atoms with van der Waals surface area (Å²) in [5.74, 6) is -16.8. The lowest BCUT2D eigenvalue weighted by Gasteiger charge is -2.24. The van der Waals surface area contributed by atoms with Crippen LogP contribution in [0.1, 0.15) is 0 Å². The van der Waals surface area contributed by atoms with E-state index in [-0.39, 0.29) is 0 Å². The van der Waals surface area contributed by atoms with Crippen LogP contribution in [0.4, 0.5) is 26.3 Å². The van der Waals surface area contributed by atoms with E-state index in [1.165, 1.54) is 0 Å². The first kappa shape index (κ1) is 15.1. The summed E-state index contributed by atoms with van der Waals surface area (Å²) in [6.07, 6.45) is 9.37. The normalized spacial score (nSPS) is 22.5. The van der Waals surface area contributed by atoms with Gasteiger partial charge in [0.25, 0.3) is 0 Å². The zero-order valence-corrected chi connectivity index (χ0v) is 9.15. The average Bonchev–Trinajstić information content (AvgIpc) is 2.40. The fourth-order valence-electron chi connectivity index (χ4n) is 1.31. The van der Waals surface area contributed by atoms with Gasteiger partial charge in [-0.15, -0.1) is 12.8 Å². The van der Waals surface area contributed by atoms with Crippen LogP contribution in [-0.4, -0.2) is 31.0 Å². The van der Waals surface area contributed by atoms with Crippen molar-refractivity contribution in [1.29, 1.82) is 0 Å². The molecule has 0 unspecified atom stereocenters. The van der Waals surface area contributed by atoms with Gasteiger partial charge in [-0.05, 0) is 0 Å². The highest BCUT2D eigenvalue weighted by Crippen LogP contribution is 2.59. The minimum atomic E-state index is -5.70.